The SMILES string of the molecule is CCCCCCCCCCCCCCCCCC(=O)N[C@@H](CN1CCCC1)[C@@H](O)Cc1ccccc1. The highest BCUT2D eigenvalue weighted by Crippen LogP contribution is 2.15. The fourth-order valence-corrected chi connectivity index (χ4v) is 5.44. The van der Waals surface area contributed by atoms with Crippen molar-refractivity contribution in [1.29, 1.82) is 0 Å². The van der Waals surface area contributed by atoms with Crippen molar-refractivity contribution in [2.45, 2.75) is 141 Å². The van der Waals surface area contributed by atoms with E-state index in [2.05, 4.69) is 17.1 Å². The summed E-state index contributed by atoms with van der Waals surface area (Å²) in [7, 11) is 0. The highest BCUT2D eigenvalue weighted by molar-refractivity contribution is 5.76. The van der Waals surface area contributed by atoms with Crippen LogP contribution in [-0.2, 0) is 11.2 Å². The molecule has 0 unspecified atom stereocenters. The molecule has 1 amide bonds. The van der Waals surface area contributed by atoms with Gasteiger partial charge < -0.3 is 15.3 Å². The van der Waals surface area contributed by atoms with E-state index in [1.54, 1.807) is 0 Å². The second-order valence-corrected chi connectivity index (χ2v) is 11.1. The van der Waals surface area contributed by atoms with Gasteiger partial charge in [0.2, 0.25) is 5.91 Å². The Morgan fingerprint density at radius 3 is 1.83 bits per heavy atom. The predicted octanol–water partition coefficient (Wildman–Crippen LogP) is 7.43. The Hall–Kier alpha value is -1.39. The standard InChI is InChI=1S/C32H56N2O2/c1-2-3-4-5-6-7-8-9-10-11-12-13-14-15-19-24-32(36)33-30(28-34-25-20-21-26-34)31(35)27-29-22-17-16-18-23-29/h16-18,22-23,30-31,35H,2-15,19-21,24-28H2,1H3,(H,33,36)/t30-,31-/m0/s1. The van der Waals surface area contributed by atoms with Crippen LogP contribution in [0.1, 0.15) is 128 Å². The Morgan fingerprint density at radius 2 is 1.31 bits per heavy atom. The first kappa shape index (κ1) is 30.8. The summed E-state index contributed by atoms with van der Waals surface area (Å²) in [6.45, 7) is 5.18. The van der Waals surface area contributed by atoms with Crippen LogP contribution in [0.2, 0.25) is 0 Å². The Balaban J connectivity index is 1.51. The molecule has 4 nitrogen and oxygen atoms in total. The van der Waals surface area contributed by atoms with E-state index in [9.17, 15) is 9.90 Å². The minimum absolute atomic E-state index is 0.0982. The molecular formula is C32H56N2O2. The van der Waals surface area contributed by atoms with Crippen LogP contribution in [-0.4, -0.2) is 47.7 Å². The molecule has 1 heterocycles. The molecule has 4 heteroatoms. The number of carbonyl (C=O) groups is 1. The van der Waals surface area contributed by atoms with E-state index in [0.717, 1.165) is 38.0 Å². The molecule has 0 spiro atoms. The van der Waals surface area contributed by atoms with Gasteiger partial charge in [-0.25, -0.2) is 0 Å². The number of benzene rings is 1. The van der Waals surface area contributed by atoms with Gasteiger partial charge in [0.25, 0.3) is 0 Å². The molecule has 1 aliphatic heterocycles. The summed E-state index contributed by atoms with van der Waals surface area (Å²) in [4.78, 5) is 15.1. The first-order valence-corrected chi connectivity index (χ1v) is 15.4. The Labute approximate surface area is 222 Å². The second kappa shape index (κ2) is 20.6. The van der Waals surface area contributed by atoms with E-state index < -0.39 is 6.10 Å². The van der Waals surface area contributed by atoms with Gasteiger partial charge in [0.1, 0.15) is 0 Å². The monoisotopic (exact) mass is 500 g/mol. The number of unbranched alkanes of at least 4 members (excludes halogenated alkanes) is 14. The molecule has 0 bridgehead atoms. The van der Waals surface area contributed by atoms with Crippen LogP contribution < -0.4 is 5.32 Å². The average molecular weight is 501 g/mol. The quantitative estimate of drug-likeness (QED) is 0.163. The summed E-state index contributed by atoms with van der Waals surface area (Å²) in [6.07, 6.45) is 23.0. The summed E-state index contributed by atoms with van der Waals surface area (Å²) >= 11 is 0. The van der Waals surface area contributed by atoms with E-state index in [0.29, 0.717) is 12.8 Å². The zero-order valence-electron chi connectivity index (χ0n) is 23.4. The molecule has 1 aromatic carbocycles. The van der Waals surface area contributed by atoms with Crippen LogP contribution in [0, 0.1) is 0 Å². The lowest BCUT2D eigenvalue weighted by atomic mass is 10.0. The van der Waals surface area contributed by atoms with Gasteiger partial charge in [0.15, 0.2) is 0 Å². The van der Waals surface area contributed by atoms with Crippen molar-refractivity contribution in [2.75, 3.05) is 19.6 Å². The van der Waals surface area contributed by atoms with Gasteiger partial charge in [0, 0.05) is 19.4 Å². The normalized spacial score (nSPS) is 15.7. The number of hydrogen-bond acceptors (Lipinski definition) is 3. The first-order valence-electron chi connectivity index (χ1n) is 15.4. The largest absolute Gasteiger partial charge is 0.391 e. The molecule has 0 aromatic heterocycles. The number of carbonyl (C=O) groups excluding carboxylic acids is 1. The third-order valence-electron chi connectivity index (χ3n) is 7.76. The summed E-state index contributed by atoms with van der Waals surface area (Å²) < 4.78 is 0. The summed E-state index contributed by atoms with van der Waals surface area (Å²) in [5, 5.41) is 14.1. The van der Waals surface area contributed by atoms with Gasteiger partial charge in [-0.1, -0.05) is 127 Å². The average Bonchev–Trinajstić information content (AvgIpc) is 3.40. The minimum Gasteiger partial charge on any atom is -0.391 e. The van der Waals surface area contributed by atoms with Crippen molar-refractivity contribution in [3.63, 3.8) is 0 Å². The number of nitrogens with one attached hydrogen (secondary N) is 1. The number of hydrogen-bond donors (Lipinski definition) is 2. The van der Waals surface area contributed by atoms with Gasteiger partial charge in [-0.15, -0.1) is 0 Å². The number of amides is 1. The highest BCUT2D eigenvalue weighted by Gasteiger charge is 2.25. The Bertz CT molecular complexity index is 645. The third kappa shape index (κ3) is 15.0. The molecule has 206 valence electrons. The molecule has 2 N–H and O–H groups in total. The maximum Gasteiger partial charge on any atom is 0.220 e. The van der Waals surface area contributed by atoms with E-state index >= 15 is 0 Å². The fraction of sp³-hybridized carbons (Fsp3) is 0.781. The number of aliphatic hydroxyl groups excluding tert-OH is 1. The van der Waals surface area contributed by atoms with Crippen molar-refractivity contribution in [3.05, 3.63) is 35.9 Å². The highest BCUT2D eigenvalue weighted by atomic mass is 16.3. The lowest BCUT2D eigenvalue weighted by Gasteiger charge is -2.28. The summed E-state index contributed by atoms with van der Waals surface area (Å²) in [6, 6.07) is 9.91. The van der Waals surface area contributed by atoms with Gasteiger partial charge in [-0.05, 0) is 37.9 Å². The van der Waals surface area contributed by atoms with Crippen LogP contribution in [0.4, 0.5) is 0 Å². The van der Waals surface area contributed by atoms with Crippen molar-refractivity contribution in [1.82, 2.24) is 10.2 Å². The van der Waals surface area contributed by atoms with Gasteiger partial charge in [-0.2, -0.15) is 0 Å². The second-order valence-electron chi connectivity index (χ2n) is 11.1. The molecule has 2 atom stereocenters. The van der Waals surface area contributed by atoms with Crippen LogP contribution in [0.5, 0.6) is 0 Å². The van der Waals surface area contributed by atoms with Crippen LogP contribution in [0.3, 0.4) is 0 Å². The molecule has 0 aliphatic carbocycles. The number of rotatable bonds is 22. The maximum atomic E-state index is 12.7. The zero-order chi connectivity index (χ0) is 25.7. The maximum absolute atomic E-state index is 12.7. The van der Waals surface area contributed by atoms with Crippen molar-refractivity contribution in [2.24, 2.45) is 0 Å². The van der Waals surface area contributed by atoms with Gasteiger partial charge in [-0.3, -0.25) is 4.79 Å². The summed E-state index contributed by atoms with van der Waals surface area (Å²) in [5.41, 5.74) is 1.12. The van der Waals surface area contributed by atoms with Crippen LogP contribution in [0.15, 0.2) is 30.3 Å². The molecule has 0 saturated carbocycles. The Kier molecular flexibility index (Phi) is 17.7. The molecule has 1 aliphatic rings. The van der Waals surface area contributed by atoms with Crippen LogP contribution in [0.25, 0.3) is 0 Å². The fourth-order valence-electron chi connectivity index (χ4n) is 5.44. The van der Waals surface area contributed by atoms with E-state index in [-0.39, 0.29) is 11.9 Å². The Morgan fingerprint density at radius 1 is 0.806 bits per heavy atom. The van der Waals surface area contributed by atoms with Crippen LogP contribution >= 0.6 is 0 Å². The number of likely N-dealkylation sites (tertiary alicyclic amines) is 1. The third-order valence-corrected chi connectivity index (χ3v) is 7.76. The molecule has 1 saturated heterocycles. The predicted molar refractivity (Wildman–Crippen MR) is 153 cm³/mol. The zero-order valence-corrected chi connectivity index (χ0v) is 23.4. The molecule has 1 aromatic rings. The topological polar surface area (TPSA) is 52.6 Å². The lowest BCUT2D eigenvalue weighted by Crippen LogP contribution is -2.50. The van der Waals surface area contributed by atoms with Gasteiger partial charge >= 0.3 is 0 Å². The summed E-state index contributed by atoms with van der Waals surface area (Å²) in [5.74, 6) is 0.0982. The molecule has 2 rings (SSSR count). The van der Waals surface area contributed by atoms with E-state index in [1.807, 2.05) is 30.3 Å². The smallest absolute Gasteiger partial charge is 0.220 e. The molecule has 36 heavy (non-hydrogen) atoms. The number of aliphatic hydroxyl groups is 1. The van der Waals surface area contributed by atoms with Crippen molar-refractivity contribution in [3.8, 4) is 0 Å². The van der Waals surface area contributed by atoms with Gasteiger partial charge in [0.05, 0.1) is 12.1 Å². The molecule has 1 fully saturated rings. The van der Waals surface area contributed by atoms with Crippen molar-refractivity contribution < 1.29 is 9.90 Å². The first-order chi connectivity index (χ1) is 17.7. The lowest BCUT2D eigenvalue weighted by molar-refractivity contribution is -0.123. The molecular weight excluding hydrogens is 444 g/mol. The van der Waals surface area contributed by atoms with E-state index in [4.69, 9.17) is 0 Å². The number of nitrogens with zero attached hydrogens (tertiary/aromatic N) is 1. The van der Waals surface area contributed by atoms with Crippen molar-refractivity contribution >= 4 is 5.91 Å². The molecule has 0 radical (unpaired) electrons. The minimum atomic E-state index is -0.557. The van der Waals surface area contributed by atoms with E-state index in [1.165, 1.54) is 96.3 Å².